The second-order valence-electron chi connectivity index (χ2n) is 1.66. The molecule has 0 heterocycles. The zero-order valence-electron chi connectivity index (χ0n) is 4.68. The molecule has 0 aliphatic heterocycles. The summed E-state index contributed by atoms with van der Waals surface area (Å²) in [5.74, 6) is -3.83. The van der Waals surface area contributed by atoms with Gasteiger partial charge in [-0.25, -0.2) is 4.79 Å². The van der Waals surface area contributed by atoms with Crippen LogP contribution in [0.25, 0.3) is 0 Å². The third-order valence-electron chi connectivity index (χ3n) is 0.675. The standard InChI is InChI=1S/C3H7O5P/c1-9(7,8)3(6)2(4)5/h3,6H,1H3,(H,4,5)(H,7,8). The van der Waals surface area contributed by atoms with Gasteiger partial charge >= 0.3 is 5.97 Å². The molecule has 0 aliphatic rings. The lowest BCUT2D eigenvalue weighted by molar-refractivity contribution is -0.142. The smallest absolute Gasteiger partial charge is 0.342 e. The van der Waals surface area contributed by atoms with Gasteiger partial charge in [-0.15, -0.1) is 0 Å². The number of carboxylic acids is 1. The van der Waals surface area contributed by atoms with E-state index < -0.39 is 19.2 Å². The second-order valence-corrected chi connectivity index (χ2v) is 4.03. The Morgan fingerprint density at radius 2 is 2.00 bits per heavy atom. The number of hydrogen-bond acceptors (Lipinski definition) is 3. The highest BCUT2D eigenvalue weighted by Crippen LogP contribution is 2.39. The summed E-state index contributed by atoms with van der Waals surface area (Å²) >= 11 is 0. The van der Waals surface area contributed by atoms with E-state index in [0.717, 1.165) is 6.66 Å². The number of carboxylic acid groups (broad SMARTS) is 1. The summed E-state index contributed by atoms with van der Waals surface area (Å²) in [5, 5.41) is 16.3. The first-order valence-corrected chi connectivity index (χ1v) is 4.24. The van der Waals surface area contributed by atoms with E-state index in [0.29, 0.717) is 0 Å². The average molecular weight is 154 g/mol. The molecule has 0 fully saturated rings. The van der Waals surface area contributed by atoms with Gasteiger partial charge in [-0.3, -0.25) is 4.57 Å². The Hall–Kier alpha value is -0.380. The molecule has 2 unspecified atom stereocenters. The van der Waals surface area contributed by atoms with Gasteiger partial charge in [0.15, 0.2) is 0 Å². The molecule has 0 aromatic carbocycles. The van der Waals surface area contributed by atoms with Gasteiger partial charge in [-0.1, -0.05) is 0 Å². The van der Waals surface area contributed by atoms with Crippen LogP contribution in [0.2, 0.25) is 0 Å². The van der Waals surface area contributed by atoms with E-state index in [1.807, 2.05) is 0 Å². The van der Waals surface area contributed by atoms with Crippen LogP contribution in [0.5, 0.6) is 0 Å². The number of rotatable bonds is 2. The number of hydrogen-bond donors (Lipinski definition) is 3. The lowest BCUT2D eigenvalue weighted by Crippen LogP contribution is -2.18. The van der Waals surface area contributed by atoms with Gasteiger partial charge in [0.2, 0.25) is 13.2 Å². The van der Waals surface area contributed by atoms with Crippen molar-refractivity contribution in [3.05, 3.63) is 0 Å². The number of aliphatic carboxylic acids is 1. The molecule has 5 nitrogen and oxygen atoms in total. The topological polar surface area (TPSA) is 94.8 Å². The lowest BCUT2D eigenvalue weighted by Gasteiger charge is -2.07. The van der Waals surface area contributed by atoms with Gasteiger partial charge in [0, 0.05) is 6.66 Å². The van der Waals surface area contributed by atoms with Crippen molar-refractivity contribution in [3.63, 3.8) is 0 Å². The predicted molar refractivity (Wildman–Crippen MR) is 29.4 cm³/mol. The molecule has 0 spiro atoms. The van der Waals surface area contributed by atoms with Gasteiger partial charge in [0.1, 0.15) is 0 Å². The Labute approximate surface area is 51.4 Å². The van der Waals surface area contributed by atoms with Crippen LogP contribution in [0.4, 0.5) is 0 Å². The Bertz CT molecular complexity index is 158. The minimum absolute atomic E-state index is 0.784. The first-order valence-electron chi connectivity index (χ1n) is 2.06. The fourth-order valence-corrected chi connectivity index (χ4v) is 0.615. The van der Waals surface area contributed by atoms with Gasteiger partial charge in [0.05, 0.1) is 0 Å². The average Bonchev–Trinajstić information content (AvgIpc) is 1.62. The van der Waals surface area contributed by atoms with Crippen LogP contribution in [0.1, 0.15) is 0 Å². The van der Waals surface area contributed by atoms with Crippen molar-refractivity contribution in [3.8, 4) is 0 Å². The third-order valence-corrected chi connectivity index (χ3v) is 1.80. The molecule has 0 radical (unpaired) electrons. The molecule has 0 bridgehead atoms. The molecule has 0 amide bonds. The van der Waals surface area contributed by atoms with Crippen molar-refractivity contribution in [1.29, 1.82) is 0 Å². The summed E-state index contributed by atoms with van der Waals surface area (Å²) in [6, 6.07) is 0. The van der Waals surface area contributed by atoms with E-state index in [4.69, 9.17) is 15.1 Å². The maximum atomic E-state index is 10.3. The van der Waals surface area contributed by atoms with Gasteiger partial charge in [0.25, 0.3) is 0 Å². The van der Waals surface area contributed by atoms with Crippen LogP contribution < -0.4 is 0 Å². The van der Waals surface area contributed by atoms with Crippen LogP contribution >= 0.6 is 7.37 Å². The quantitative estimate of drug-likeness (QED) is 0.456. The van der Waals surface area contributed by atoms with Crippen molar-refractivity contribution in [2.24, 2.45) is 0 Å². The fourth-order valence-electron chi connectivity index (χ4n) is 0.205. The minimum Gasteiger partial charge on any atom is -0.479 e. The summed E-state index contributed by atoms with van der Waals surface area (Å²) < 4.78 is 10.3. The SMILES string of the molecule is CP(=O)(O)C(O)C(=O)O. The zero-order valence-corrected chi connectivity index (χ0v) is 5.58. The van der Waals surface area contributed by atoms with Crippen molar-refractivity contribution in [2.45, 2.75) is 5.85 Å². The summed E-state index contributed by atoms with van der Waals surface area (Å²) in [5.41, 5.74) is 0. The van der Waals surface area contributed by atoms with E-state index in [1.54, 1.807) is 0 Å². The van der Waals surface area contributed by atoms with Crippen molar-refractivity contribution in [1.82, 2.24) is 0 Å². The van der Waals surface area contributed by atoms with Crippen molar-refractivity contribution in [2.75, 3.05) is 6.66 Å². The molecule has 3 N–H and O–H groups in total. The molecule has 0 aromatic heterocycles. The largest absolute Gasteiger partial charge is 0.479 e. The highest BCUT2D eigenvalue weighted by atomic mass is 31.2. The maximum absolute atomic E-state index is 10.3. The van der Waals surface area contributed by atoms with Gasteiger partial charge < -0.3 is 15.1 Å². The first-order chi connectivity index (χ1) is 3.85. The van der Waals surface area contributed by atoms with E-state index in [-0.39, 0.29) is 0 Å². The zero-order chi connectivity index (χ0) is 7.65. The van der Waals surface area contributed by atoms with Crippen LogP contribution in [0.3, 0.4) is 0 Å². The number of carbonyl (C=O) groups is 1. The molecular formula is C3H7O5P. The van der Waals surface area contributed by atoms with E-state index in [2.05, 4.69) is 0 Å². The predicted octanol–water partition coefficient (Wildman–Crippen LogP) is -0.710. The van der Waals surface area contributed by atoms with E-state index in [1.165, 1.54) is 0 Å². The van der Waals surface area contributed by atoms with Gasteiger partial charge in [-0.05, 0) is 0 Å². The summed E-state index contributed by atoms with van der Waals surface area (Å²) in [4.78, 5) is 18.1. The minimum atomic E-state index is -3.86. The van der Waals surface area contributed by atoms with E-state index in [9.17, 15) is 9.36 Å². The molecule has 0 saturated heterocycles. The molecule has 6 heteroatoms. The van der Waals surface area contributed by atoms with Gasteiger partial charge in [-0.2, -0.15) is 0 Å². The molecule has 0 aromatic rings. The molecular weight excluding hydrogens is 147 g/mol. The Morgan fingerprint density at radius 1 is 1.67 bits per heavy atom. The Balaban J connectivity index is 4.23. The van der Waals surface area contributed by atoms with Crippen molar-refractivity contribution >= 4 is 13.3 Å². The van der Waals surface area contributed by atoms with Crippen molar-refractivity contribution < 1.29 is 24.5 Å². The van der Waals surface area contributed by atoms with Crippen LogP contribution in [-0.4, -0.2) is 33.6 Å². The molecule has 54 valence electrons. The number of aliphatic hydroxyl groups is 1. The number of aliphatic hydroxyl groups excluding tert-OH is 1. The molecule has 0 rings (SSSR count). The van der Waals surface area contributed by atoms with Crippen LogP contribution in [0.15, 0.2) is 0 Å². The van der Waals surface area contributed by atoms with Crippen LogP contribution in [0, 0.1) is 0 Å². The summed E-state index contributed by atoms with van der Waals surface area (Å²) in [6.07, 6.45) is 0. The molecule has 0 saturated carbocycles. The molecule has 0 aliphatic carbocycles. The third kappa shape index (κ3) is 2.60. The monoisotopic (exact) mass is 154 g/mol. The second kappa shape index (κ2) is 2.47. The molecule has 2 atom stereocenters. The Kier molecular flexibility index (Phi) is 2.37. The first kappa shape index (κ1) is 8.62. The lowest BCUT2D eigenvalue weighted by atomic mass is 10.7. The Morgan fingerprint density at radius 3 is 2.00 bits per heavy atom. The maximum Gasteiger partial charge on any atom is 0.342 e. The highest BCUT2D eigenvalue weighted by molar-refractivity contribution is 7.58. The molecule has 9 heavy (non-hydrogen) atoms. The highest BCUT2D eigenvalue weighted by Gasteiger charge is 2.29. The normalized spacial score (nSPS) is 20.3. The summed E-state index contributed by atoms with van der Waals surface area (Å²) in [6.45, 7) is 0.784. The van der Waals surface area contributed by atoms with E-state index >= 15 is 0 Å². The fraction of sp³-hybridized carbons (Fsp3) is 0.667. The summed E-state index contributed by atoms with van der Waals surface area (Å²) in [7, 11) is -3.86. The van der Waals surface area contributed by atoms with Crippen LogP contribution in [-0.2, 0) is 9.36 Å².